The predicted molar refractivity (Wildman–Crippen MR) is 280 cm³/mol. The first-order chi connectivity index (χ1) is 31.3. The molecule has 7 aromatic carbocycles. The van der Waals surface area contributed by atoms with Gasteiger partial charge in [0.15, 0.2) is 0 Å². The summed E-state index contributed by atoms with van der Waals surface area (Å²) in [6.07, 6.45) is 14.3. The van der Waals surface area contributed by atoms with Crippen LogP contribution in [0.1, 0.15) is 50.7 Å². The minimum atomic E-state index is 0.944. The summed E-state index contributed by atoms with van der Waals surface area (Å²) in [6.45, 7) is 13.9. The van der Waals surface area contributed by atoms with E-state index in [1.165, 1.54) is 88.6 Å². The van der Waals surface area contributed by atoms with E-state index in [0.29, 0.717) is 0 Å². The Bertz CT molecular complexity index is 2920. The van der Waals surface area contributed by atoms with E-state index >= 15 is 0 Å². The van der Waals surface area contributed by atoms with Crippen molar-refractivity contribution < 1.29 is 0 Å². The SMILES string of the molecule is C=C/C=C(NC)\C(CC)=C(\C)CC=C.Cc1ccccc1.Cn1c2cc3ccccc3cc2c2cccc(-c3ccc(C4=CC=C(N(c5ccccc5)c5ccccc5)CC4)cc3)c21. The second-order valence-corrected chi connectivity index (χ2v) is 16.2. The van der Waals surface area contributed by atoms with Gasteiger partial charge < -0.3 is 14.8 Å². The van der Waals surface area contributed by atoms with E-state index < -0.39 is 0 Å². The largest absolute Gasteiger partial charge is 0.388 e. The molecular weight excluding hydrogens is 775 g/mol. The third kappa shape index (κ3) is 10.3. The first kappa shape index (κ1) is 44.7. The van der Waals surface area contributed by atoms with Gasteiger partial charge in [-0.05, 0) is 121 Å². The van der Waals surface area contributed by atoms with Crippen LogP contribution in [0.25, 0.3) is 49.3 Å². The van der Waals surface area contributed by atoms with Crippen LogP contribution in [-0.2, 0) is 7.05 Å². The summed E-state index contributed by atoms with van der Waals surface area (Å²) in [7, 11) is 4.13. The molecule has 3 heteroatoms. The molecule has 64 heavy (non-hydrogen) atoms. The van der Waals surface area contributed by atoms with Gasteiger partial charge in [0.25, 0.3) is 0 Å². The van der Waals surface area contributed by atoms with Crippen molar-refractivity contribution in [1.82, 2.24) is 9.88 Å². The number of anilines is 2. The number of aromatic nitrogens is 1. The monoisotopic (exact) mass is 835 g/mol. The first-order valence-corrected chi connectivity index (χ1v) is 22.5. The number of allylic oxidation sites excluding steroid dienone is 9. The van der Waals surface area contributed by atoms with E-state index in [1.54, 1.807) is 0 Å². The van der Waals surface area contributed by atoms with Crippen molar-refractivity contribution in [1.29, 1.82) is 0 Å². The molecule has 1 aliphatic rings. The highest BCUT2D eigenvalue weighted by molar-refractivity contribution is 6.15. The molecule has 3 nitrogen and oxygen atoms in total. The van der Waals surface area contributed by atoms with Gasteiger partial charge in [0.05, 0.1) is 5.52 Å². The predicted octanol–water partition coefficient (Wildman–Crippen LogP) is 16.6. The molecule has 0 amide bonds. The molecule has 0 radical (unpaired) electrons. The Labute approximate surface area is 381 Å². The van der Waals surface area contributed by atoms with Crippen LogP contribution in [0.4, 0.5) is 11.4 Å². The maximum absolute atomic E-state index is 3.75. The lowest BCUT2D eigenvalue weighted by Crippen LogP contribution is -2.17. The standard InChI is InChI=1S/C41H32N2.C13H21N.C7H8/c1-42-40-28-33-12-9-8-11-32(33)27-39(40)38-18-10-17-37(41(38)42)31-21-19-29(20-22-31)30-23-25-36(26-24-30)43(34-13-4-2-5-14-34)35-15-6-3-7-16-35;1-6-9-11(4)12(8-3)13(14-5)10-7-2;1-7-5-3-2-4-6-7/h2-23,25,27-28H,24,26H2,1H3;6-7,10,14H,1-2,8-9H2,3-5H3;2-6H,1H3/b;12-11-,13-10+;. The Balaban J connectivity index is 0.000000242. The number of para-hydroxylation sites is 3. The second kappa shape index (κ2) is 21.6. The lowest BCUT2D eigenvalue weighted by Gasteiger charge is -2.30. The molecule has 0 spiro atoms. The molecular formula is C61H61N3. The zero-order valence-electron chi connectivity index (χ0n) is 38.2. The fourth-order valence-corrected chi connectivity index (χ4v) is 8.80. The Morgan fingerprint density at radius 1 is 0.672 bits per heavy atom. The summed E-state index contributed by atoms with van der Waals surface area (Å²) < 4.78 is 2.36. The third-order valence-corrected chi connectivity index (χ3v) is 12.0. The average molecular weight is 836 g/mol. The summed E-state index contributed by atoms with van der Waals surface area (Å²) in [6, 6.07) is 60.8. The molecule has 0 fully saturated rings. The van der Waals surface area contributed by atoms with Crippen molar-refractivity contribution in [3.8, 4) is 11.1 Å². The van der Waals surface area contributed by atoms with E-state index in [2.05, 4.69) is 220 Å². The minimum absolute atomic E-state index is 0.944. The molecule has 0 bridgehead atoms. The van der Waals surface area contributed by atoms with Gasteiger partial charge in [-0.25, -0.2) is 0 Å². The van der Waals surface area contributed by atoms with E-state index in [0.717, 1.165) is 31.4 Å². The molecule has 1 aromatic heterocycles. The number of aryl methyl sites for hydroxylation is 2. The minimum Gasteiger partial charge on any atom is -0.388 e. The van der Waals surface area contributed by atoms with Gasteiger partial charge in [-0.2, -0.15) is 0 Å². The van der Waals surface area contributed by atoms with Gasteiger partial charge >= 0.3 is 0 Å². The van der Waals surface area contributed by atoms with Crippen molar-refractivity contribution >= 4 is 49.5 Å². The molecule has 1 N–H and O–H groups in total. The Kier molecular flexibility index (Phi) is 15.1. The third-order valence-electron chi connectivity index (χ3n) is 12.0. The number of nitrogens with zero attached hydrogens (tertiary/aromatic N) is 2. The van der Waals surface area contributed by atoms with Crippen LogP contribution in [0.5, 0.6) is 0 Å². The van der Waals surface area contributed by atoms with Crippen LogP contribution < -0.4 is 10.2 Å². The zero-order valence-corrected chi connectivity index (χ0v) is 38.2. The van der Waals surface area contributed by atoms with Crippen LogP contribution in [0.2, 0.25) is 0 Å². The quantitative estimate of drug-likeness (QED) is 0.103. The number of hydrogen-bond acceptors (Lipinski definition) is 2. The zero-order chi connectivity index (χ0) is 44.8. The summed E-state index contributed by atoms with van der Waals surface area (Å²) in [4.78, 5) is 2.38. The van der Waals surface area contributed by atoms with Gasteiger partial charge in [0.1, 0.15) is 0 Å². The van der Waals surface area contributed by atoms with E-state index in [-0.39, 0.29) is 0 Å². The number of hydrogen-bond donors (Lipinski definition) is 1. The van der Waals surface area contributed by atoms with Crippen molar-refractivity contribution in [2.24, 2.45) is 7.05 Å². The number of rotatable bonds is 11. The molecule has 0 saturated heterocycles. The van der Waals surface area contributed by atoms with E-state index in [1.807, 2.05) is 43.5 Å². The smallest absolute Gasteiger partial charge is 0.0568 e. The number of likely N-dealkylation sites (N-methyl/N-ethyl adjacent to an activating group) is 1. The van der Waals surface area contributed by atoms with Crippen molar-refractivity contribution in [3.05, 3.63) is 247 Å². The Morgan fingerprint density at radius 2 is 1.27 bits per heavy atom. The molecule has 9 rings (SSSR count). The van der Waals surface area contributed by atoms with E-state index in [9.17, 15) is 0 Å². The molecule has 0 aliphatic heterocycles. The van der Waals surface area contributed by atoms with E-state index in [4.69, 9.17) is 0 Å². The number of fused-ring (bicyclic) bond motifs is 4. The van der Waals surface area contributed by atoms with Crippen LogP contribution in [-0.4, -0.2) is 11.6 Å². The maximum atomic E-state index is 3.75. The van der Waals surface area contributed by atoms with Crippen LogP contribution in [0.3, 0.4) is 0 Å². The Hall–Kier alpha value is -7.36. The highest BCUT2D eigenvalue weighted by Crippen LogP contribution is 2.39. The average Bonchev–Trinajstić information content (AvgIpc) is 3.62. The first-order valence-electron chi connectivity index (χ1n) is 22.5. The highest BCUT2D eigenvalue weighted by Gasteiger charge is 2.19. The normalized spacial score (nSPS) is 12.8. The van der Waals surface area contributed by atoms with Gasteiger partial charge in [-0.3, -0.25) is 0 Å². The van der Waals surface area contributed by atoms with Crippen molar-refractivity contribution in [3.63, 3.8) is 0 Å². The molecule has 0 atom stereocenters. The van der Waals surface area contributed by atoms with Gasteiger partial charge in [0, 0.05) is 58.7 Å². The second-order valence-electron chi connectivity index (χ2n) is 16.2. The van der Waals surface area contributed by atoms with Gasteiger partial charge in [-0.1, -0.05) is 176 Å². The molecule has 0 saturated carbocycles. The van der Waals surface area contributed by atoms with Gasteiger partial charge in [-0.15, -0.1) is 6.58 Å². The fourth-order valence-electron chi connectivity index (χ4n) is 8.80. The lowest BCUT2D eigenvalue weighted by molar-refractivity contribution is 0.926. The van der Waals surface area contributed by atoms with Gasteiger partial charge in [0.2, 0.25) is 0 Å². The summed E-state index contributed by atoms with van der Waals surface area (Å²) in [5, 5.41) is 8.37. The topological polar surface area (TPSA) is 20.2 Å². The Morgan fingerprint density at radius 3 is 1.80 bits per heavy atom. The number of nitrogens with one attached hydrogen (secondary N) is 1. The number of benzene rings is 7. The lowest BCUT2D eigenvalue weighted by atomic mass is 9.93. The molecule has 0 unspecified atom stereocenters. The molecule has 1 aliphatic carbocycles. The summed E-state index contributed by atoms with van der Waals surface area (Å²) >= 11 is 0. The van der Waals surface area contributed by atoms with Crippen molar-refractivity contribution in [2.45, 2.75) is 46.5 Å². The highest BCUT2D eigenvalue weighted by atomic mass is 15.1. The molecule has 8 aromatic rings. The summed E-state index contributed by atoms with van der Waals surface area (Å²) in [5.74, 6) is 0. The van der Waals surface area contributed by atoms with Crippen LogP contribution in [0.15, 0.2) is 236 Å². The molecule has 320 valence electrons. The fraction of sp³-hybridized carbons (Fsp3) is 0.148. The van der Waals surface area contributed by atoms with Crippen LogP contribution in [0, 0.1) is 6.92 Å². The summed E-state index contributed by atoms with van der Waals surface area (Å²) in [5.41, 5.74) is 16.6. The maximum Gasteiger partial charge on any atom is 0.0568 e. The van der Waals surface area contributed by atoms with Crippen LogP contribution >= 0.6 is 0 Å². The molecule has 1 heterocycles. The van der Waals surface area contributed by atoms with Crippen molar-refractivity contribution in [2.75, 3.05) is 11.9 Å².